The first kappa shape index (κ1) is 22.5. The minimum Gasteiger partial charge on any atom is -0.379 e. The van der Waals surface area contributed by atoms with Crippen LogP contribution in [0.4, 0.5) is 18.9 Å². The van der Waals surface area contributed by atoms with Gasteiger partial charge in [0.1, 0.15) is 6.33 Å². The van der Waals surface area contributed by atoms with Gasteiger partial charge in [0.2, 0.25) is 0 Å². The first-order chi connectivity index (χ1) is 15.7. The number of morpholine rings is 1. The van der Waals surface area contributed by atoms with Crippen LogP contribution in [0.3, 0.4) is 0 Å². The molecule has 2 aliphatic rings. The third-order valence-electron chi connectivity index (χ3n) is 5.47. The number of fused-ring (bicyclic) bond motifs is 3. The number of nitrogens with zero attached hydrogens (tertiary/aromatic N) is 5. The number of amides is 1. The molecule has 0 radical (unpaired) electrons. The van der Waals surface area contributed by atoms with E-state index in [0.29, 0.717) is 42.6 Å². The maximum Gasteiger partial charge on any atom is 0.416 e. The summed E-state index contributed by atoms with van der Waals surface area (Å²) in [5.41, 5.74) is 0.0542. The van der Waals surface area contributed by atoms with Gasteiger partial charge in [-0.25, -0.2) is 14.3 Å². The minimum absolute atomic E-state index is 0.0394. The third kappa shape index (κ3) is 3.68. The number of anilines is 1. The summed E-state index contributed by atoms with van der Waals surface area (Å²) < 4.78 is 51.0. The Bertz CT molecular complexity index is 1280. The number of benzene rings is 2. The number of hydrogen-bond acceptors (Lipinski definition) is 5. The normalized spacial score (nSPS) is 20.9. The number of rotatable bonds is 2. The van der Waals surface area contributed by atoms with E-state index in [1.807, 2.05) is 4.67 Å². The largest absolute Gasteiger partial charge is 0.416 e. The molecule has 1 fully saturated rings. The van der Waals surface area contributed by atoms with E-state index in [-0.39, 0.29) is 11.3 Å². The van der Waals surface area contributed by atoms with Crippen molar-refractivity contribution in [2.75, 3.05) is 31.0 Å². The second kappa shape index (κ2) is 8.18. The molecule has 1 unspecified atom stereocenters. The predicted molar refractivity (Wildman–Crippen MR) is 121 cm³/mol. The van der Waals surface area contributed by atoms with Gasteiger partial charge in [0, 0.05) is 23.7 Å². The van der Waals surface area contributed by atoms with Crippen molar-refractivity contribution in [2.45, 2.75) is 6.18 Å². The Morgan fingerprint density at radius 1 is 1.09 bits per heavy atom. The molecule has 3 aromatic rings. The Morgan fingerprint density at radius 2 is 1.79 bits per heavy atom. The summed E-state index contributed by atoms with van der Waals surface area (Å²) >= 11 is 12.2. The molecule has 5 rings (SSSR count). The molecule has 7 nitrogen and oxygen atoms in total. The van der Waals surface area contributed by atoms with E-state index in [1.165, 1.54) is 33.9 Å². The highest BCUT2D eigenvalue weighted by Crippen LogP contribution is 2.59. The van der Waals surface area contributed by atoms with Gasteiger partial charge in [0.05, 0.1) is 30.2 Å². The number of alkyl halides is 3. The summed E-state index contributed by atoms with van der Waals surface area (Å²) in [6, 6.07) is 9.34. The lowest BCUT2D eigenvalue weighted by atomic mass is 10.1. The van der Waals surface area contributed by atoms with E-state index in [0.717, 1.165) is 12.1 Å². The van der Waals surface area contributed by atoms with Gasteiger partial charge >= 0.3 is 6.18 Å². The molecule has 0 spiro atoms. The lowest BCUT2D eigenvalue weighted by molar-refractivity contribution is -0.137. The zero-order valence-electron chi connectivity index (χ0n) is 16.9. The molecule has 1 amide bonds. The van der Waals surface area contributed by atoms with Gasteiger partial charge in [-0.05, 0) is 54.3 Å². The molecule has 2 aliphatic heterocycles. The summed E-state index contributed by atoms with van der Waals surface area (Å²) in [7, 11) is 0. The van der Waals surface area contributed by atoms with Crippen molar-refractivity contribution in [3.05, 3.63) is 64.9 Å². The van der Waals surface area contributed by atoms with Crippen LogP contribution in [0.15, 0.2) is 48.8 Å². The highest BCUT2D eigenvalue weighted by atomic mass is 35.5. The zero-order valence-corrected chi connectivity index (χ0v) is 19.3. The highest BCUT2D eigenvalue weighted by Gasteiger charge is 2.48. The Balaban J connectivity index is 1.77. The van der Waals surface area contributed by atoms with Crippen LogP contribution in [0.2, 0.25) is 5.02 Å². The van der Waals surface area contributed by atoms with Crippen molar-refractivity contribution in [1.82, 2.24) is 19.4 Å². The molecular weight excluding hydrogens is 498 g/mol. The van der Waals surface area contributed by atoms with Crippen LogP contribution in [-0.2, 0) is 22.7 Å². The number of hydrogen-bond donors (Lipinski definition) is 0. The fraction of sp³-hybridized carbons (Fsp3) is 0.250. The molecule has 172 valence electrons. The molecule has 0 bridgehead atoms. The van der Waals surface area contributed by atoms with Crippen molar-refractivity contribution in [1.29, 1.82) is 0 Å². The van der Waals surface area contributed by atoms with Crippen LogP contribution < -0.4 is 10.2 Å². The lowest BCUT2D eigenvalue weighted by Gasteiger charge is -2.46. The molecule has 1 saturated heterocycles. The van der Waals surface area contributed by atoms with Crippen molar-refractivity contribution in [2.24, 2.45) is 0 Å². The first-order valence-corrected chi connectivity index (χ1v) is 13.0. The molecule has 2 aromatic carbocycles. The summed E-state index contributed by atoms with van der Waals surface area (Å²) in [5.74, 6) is -0.531. The zero-order chi connectivity index (χ0) is 23.4. The molecule has 3 heterocycles. The maximum absolute atomic E-state index is 13.9. The van der Waals surface area contributed by atoms with Gasteiger partial charge < -0.3 is 4.74 Å². The standard InChI is InChI=1S/C20H16ClF3N5O2PS/c21-15-4-1-13(2-5-15)18(30)29-17-11-14(20(22,23)24)3-6-16(17)28-19(25-12-26-28)32(29,33)27-7-9-31-10-8-27/h1-6,11-12H,7-10H2. The fourth-order valence-corrected chi connectivity index (χ4v) is 8.20. The predicted octanol–water partition coefficient (Wildman–Crippen LogP) is 3.87. The molecule has 1 aromatic heterocycles. The van der Waals surface area contributed by atoms with Crippen molar-refractivity contribution >= 4 is 46.9 Å². The van der Waals surface area contributed by atoms with Gasteiger partial charge in [-0.2, -0.15) is 18.3 Å². The van der Waals surface area contributed by atoms with Gasteiger partial charge in [-0.1, -0.05) is 11.6 Å². The van der Waals surface area contributed by atoms with Gasteiger partial charge in [-0.3, -0.25) is 9.46 Å². The van der Waals surface area contributed by atoms with E-state index in [9.17, 15) is 18.0 Å². The van der Waals surface area contributed by atoms with Gasteiger partial charge in [0.15, 0.2) is 11.9 Å². The van der Waals surface area contributed by atoms with Crippen LogP contribution in [-0.4, -0.2) is 51.6 Å². The minimum atomic E-state index is -4.60. The second-order valence-corrected chi connectivity index (χ2v) is 11.8. The van der Waals surface area contributed by atoms with E-state index in [4.69, 9.17) is 28.1 Å². The Kier molecular flexibility index (Phi) is 5.57. The number of halogens is 4. The summed E-state index contributed by atoms with van der Waals surface area (Å²) in [6.07, 6.45) is -6.52. The lowest BCUT2D eigenvalue weighted by Crippen LogP contribution is -2.49. The average Bonchev–Trinajstić information content (AvgIpc) is 3.30. The number of carbonyl (C=O) groups excluding carboxylic acids is 1. The average molecular weight is 514 g/mol. The summed E-state index contributed by atoms with van der Waals surface area (Å²) in [6.45, 7) is 1.57. The van der Waals surface area contributed by atoms with Gasteiger partial charge in [-0.15, -0.1) is 0 Å². The van der Waals surface area contributed by atoms with E-state index < -0.39 is 24.0 Å². The number of ether oxygens (including phenoxy) is 1. The smallest absolute Gasteiger partial charge is 0.379 e. The van der Waals surface area contributed by atoms with E-state index in [2.05, 4.69) is 10.1 Å². The van der Waals surface area contributed by atoms with Crippen molar-refractivity contribution in [3.8, 4) is 5.69 Å². The SMILES string of the molecule is O=C(c1ccc(Cl)cc1)N1c2cc(C(F)(F)F)ccc2-n2ncnc2P1(=S)N1CCOCC1. The highest BCUT2D eigenvalue weighted by molar-refractivity contribution is 8.18. The van der Waals surface area contributed by atoms with Crippen molar-refractivity contribution < 1.29 is 22.7 Å². The Labute approximate surface area is 196 Å². The number of aromatic nitrogens is 3. The molecule has 13 heteroatoms. The van der Waals surface area contributed by atoms with Crippen LogP contribution >= 0.6 is 17.9 Å². The van der Waals surface area contributed by atoms with E-state index >= 15 is 0 Å². The Morgan fingerprint density at radius 3 is 2.45 bits per heavy atom. The number of carbonyl (C=O) groups is 1. The summed E-state index contributed by atoms with van der Waals surface area (Å²) in [4.78, 5) is 18.2. The summed E-state index contributed by atoms with van der Waals surface area (Å²) in [5, 5.41) is 4.66. The van der Waals surface area contributed by atoms with Crippen LogP contribution in [0.5, 0.6) is 0 Å². The van der Waals surface area contributed by atoms with Gasteiger partial charge in [0.25, 0.3) is 5.91 Å². The molecular formula is C20H16ClF3N5O2PS. The quantitative estimate of drug-likeness (QED) is 0.485. The maximum atomic E-state index is 13.9. The van der Waals surface area contributed by atoms with E-state index in [1.54, 1.807) is 12.1 Å². The fourth-order valence-electron chi connectivity index (χ4n) is 3.91. The molecule has 0 aliphatic carbocycles. The third-order valence-corrected chi connectivity index (χ3v) is 10.3. The Hall–Kier alpha value is -2.30. The molecule has 33 heavy (non-hydrogen) atoms. The molecule has 0 saturated carbocycles. The van der Waals surface area contributed by atoms with Crippen molar-refractivity contribution in [3.63, 3.8) is 0 Å². The van der Waals surface area contributed by atoms with Crippen LogP contribution in [0.1, 0.15) is 15.9 Å². The topological polar surface area (TPSA) is 63.5 Å². The monoisotopic (exact) mass is 513 g/mol. The first-order valence-electron chi connectivity index (χ1n) is 9.87. The molecule has 1 atom stereocenters. The van der Waals surface area contributed by atoms with Crippen LogP contribution in [0, 0.1) is 0 Å². The van der Waals surface area contributed by atoms with Crippen LogP contribution in [0.25, 0.3) is 5.69 Å². The molecule has 0 N–H and O–H groups in total. The second-order valence-electron chi connectivity index (χ2n) is 7.41.